The highest BCUT2D eigenvalue weighted by Gasteiger charge is 2.19. The van der Waals surface area contributed by atoms with Gasteiger partial charge in [-0.2, -0.15) is 4.40 Å². The molecule has 0 saturated carbocycles. The molecular formula is C23H30N2O2S. The van der Waals surface area contributed by atoms with Crippen molar-refractivity contribution in [1.29, 1.82) is 0 Å². The molecule has 0 spiro atoms. The molecule has 0 aliphatic rings. The van der Waals surface area contributed by atoms with Crippen molar-refractivity contribution < 1.29 is 9.90 Å². The van der Waals surface area contributed by atoms with Gasteiger partial charge in [-0.25, -0.2) is 4.79 Å². The van der Waals surface area contributed by atoms with Crippen molar-refractivity contribution in [3.8, 4) is 0 Å². The minimum Gasteiger partial charge on any atom is -0.478 e. The molecule has 0 fully saturated rings. The fourth-order valence-electron chi connectivity index (χ4n) is 2.91. The number of nitrogens with zero attached hydrogens (tertiary/aromatic N) is 2. The number of unbranched alkanes of at least 4 members (excludes halogenated alkanes) is 2. The molecule has 0 aliphatic heterocycles. The number of benzene rings is 2. The number of carboxylic acid groups (broad SMARTS) is 1. The van der Waals surface area contributed by atoms with Gasteiger partial charge in [0.1, 0.15) is 5.84 Å². The van der Waals surface area contributed by atoms with Crippen LogP contribution in [0.25, 0.3) is 0 Å². The Kier molecular flexibility index (Phi) is 9.63. The van der Waals surface area contributed by atoms with Crippen LogP contribution in [0.15, 0.2) is 59.0 Å². The molecule has 0 aliphatic carbocycles. The number of aromatic carboxylic acids is 1. The van der Waals surface area contributed by atoms with Crippen molar-refractivity contribution in [3.63, 3.8) is 0 Å². The highest BCUT2D eigenvalue weighted by molar-refractivity contribution is 7.97. The Morgan fingerprint density at radius 2 is 1.50 bits per heavy atom. The molecule has 0 saturated heterocycles. The zero-order chi connectivity index (χ0) is 20.2. The summed E-state index contributed by atoms with van der Waals surface area (Å²) < 4.78 is 4.83. The molecule has 150 valence electrons. The Morgan fingerprint density at radius 3 is 2.07 bits per heavy atom. The standard InChI is InChI=1S/C23H30N2O2S/c1-3-5-16-25(17-6-4-2)22(20-14-10-11-15-21(20)23(26)27)24-28-18-19-12-8-7-9-13-19/h7-15H,3-6,16-18H2,1-2H3,(H,26,27)/b24-22+. The van der Waals surface area contributed by atoms with Crippen molar-refractivity contribution in [1.82, 2.24) is 4.90 Å². The average Bonchev–Trinajstić information content (AvgIpc) is 2.72. The normalized spacial score (nSPS) is 11.4. The largest absolute Gasteiger partial charge is 0.478 e. The first-order valence-electron chi connectivity index (χ1n) is 9.98. The third-order valence-corrected chi connectivity index (χ3v) is 5.25. The van der Waals surface area contributed by atoms with E-state index in [1.54, 1.807) is 12.1 Å². The van der Waals surface area contributed by atoms with Crippen molar-refractivity contribution in [2.45, 2.75) is 45.3 Å². The van der Waals surface area contributed by atoms with E-state index in [-0.39, 0.29) is 0 Å². The van der Waals surface area contributed by atoms with E-state index in [2.05, 4.69) is 30.9 Å². The van der Waals surface area contributed by atoms with E-state index in [4.69, 9.17) is 4.40 Å². The number of hydrogen-bond donors (Lipinski definition) is 1. The van der Waals surface area contributed by atoms with Gasteiger partial charge in [0.05, 0.1) is 5.56 Å². The van der Waals surface area contributed by atoms with Gasteiger partial charge in [0.25, 0.3) is 0 Å². The van der Waals surface area contributed by atoms with E-state index in [9.17, 15) is 9.90 Å². The number of rotatable bonds is 11. The summed E-state index contributed by atoms with van der Waals surface area (Å²) in [6.45, 7) is 6.11. The van der Waals surface area contributed by atoms with Crippen LogP contribution in [-0.4, -0.2) is 34.9 Å². The average molecular weight is 399 g/mol. The van der Waals surface area contributed by atoms with Crippen LogP contribution in [0.2, 0.25) is 0 Å². The lowest BCUT2D eigenvalue weighted by Crippen LogP contribution is -2.34. The first kappa shape index (κ1) is 22.0. The monoisotopic (exact) mass is 398 g/mol. The predicted octanol–water partition coefficient (Wildman–Crippen LogP) is 5.88. The van der Waals surface area contributed by atoms with Crippen molar-refractivity contribution in [2.75, 3.05) is 13.1 Å². The highest BCUT2D eigenvalue weighted by Crippen LogP contribution is 2.20. The summed E-state index contributed by atoms with van der Waals surface area (Å²) in [5, 5.41) is 9.67. The quantitative estimate of drug-likeness (QED) is 0.292. The molecule has 0 atom stereocenters. The van der Waals surface area contributed by atoms with Gasteiger partial charge < -0.3 is 10.0 Å². The smallest absolute Gasteiger partial charge is 0.336 e. The van der Waals surface area contributed by atoms with E-state index < -0.39 is 5.97 Å². The van der Waals surface area contributed by atoms with Crippen molar-refractivity contribution in [3.05, 3.63) is 71.3 Å². The molecule has 1 N–H and O–H groups in total. The van der Waals surface area contributed by atoms with Gasteiger partial charge in [-0.1, -0.05) is 75.2 Å². The van der Waals surface area contributed by atoms with Crippen LogP contribution in [0, 0.1) is 0 Å². The molecule has 2 aromatic carbocycles. The Labute approximate surface area is 172 Å². The number of carboxylic acids is 1. The molecular weight excluding hydrogens is 368 g/mol. The van der Waals surface area contributed by atoms with Crippen LogP contribution in [0.4, 0.5) is 0 Å². The van der Waals surface area contributed by atoms with Crippen LogP contribution in [0.3, 0.4) is 0 Å². The topological polar surface area (TPSA) is 52.9 Å². The summed E-state index contributed by atoms with van der Waals surface area (Å²) in [6.07, 6.45) is 4.30. The molecule has 28 heavy (non-hydrogen) atoms. The van der Waals surface area contributed by atoms with Gasteiger partial charge in [-0.05, 0) is 36.4 Å². The predicted molar refractivity (Wildman–Crippen MR) is 119 cm³/mol. The van der Waals surface area contributed by atoms with Gasteiger partial charge in [0.2, 0.25) is 0 Å². The summed E-state index contributed by atoms with van der Waals surface area (Å²) in [7, 11) is 0. The molecule has 0 aromatic heterocycles. The Bertz CT molecular complexity index is 754. The minimum atomic E-state index is -0.915. The van der Waals surface area contributed by atoms with E-state index in [1.807, 2.05) is 30.3 Å². The maximum atomic E-state index is 11.8. The molecule has 0 radical (unpaired) electrons. The molecule has 2 rings (SSSR count). The van der Waals surface area contributed by atoms with E-state index in [1.165, 1.54) is 17.5 Å². The second-order valence-electron chi connectivity index (χ2n) is 6.72. The summed E-state index contributed by atoms with van der Waals surface area (Å²) in [5.41, 5.74) is 2.21. The van der Waals surface area contributed by atoms with Gasteiger partial charge >= 0.3 is 5.97 Å². The molecule has 5 heteroatoms. The summed E-state index contributed by atoms with van der Waals surface area (Å²) in [4.78, 5) is 14.0. The van der Waals surface area contributed by atoms with Crippen LogP contribution in [0.1, 0.15) is 61.0 Å². The number of carbonyl (C=O) groups is 1. The van der Waals surface area contributed by atoms with Gasteiger partial charge in [-0.3, -0.25) is 0 Å². The van der Waals surface area contributed by atoms with Crippen LogP contribution in [-0.2, 0) is 5.75 Å². The fourth-order valence-corrected chi connectivity index (χ4v) is 3.65. The fraction of sp³-hybridized carbons (Fsp3) is 0.391. The molecule has 0 amide bonds. The minimum absolute atomic E-state index is 0.305. The van der Waals surface area contributed by atoms with Crippen LogP contribution in [0.5, 0.6) is 0 Å². The lowest BCUT2D eigenvalue weighted by atomic mass is 10.1. The highest BCUT2D eigenvalue weighted by atomic mass is 32.2. The molecule has 0 unspecified atom stereocenters. The first-order valence-corrected chi connectivity index (χ1v) is 10.9. The molecule has 0 bridgehead atoms. The Balaban J connectivity index is 2.35. The zero-order valence-electron chi connectivity index (χ0n) is 16.8. The van der Waals surface area contributed by atoms with Crippen LogP contribution >= 0.6 is 11.9 Å². The van der Waals surface area contributed by atoms with Gasteiger partial charge in [0.15, 0.2) is 0 Å². The molecule has 4 nitrogen and oxygen atoms in total. The third kappa shape index (κ3) is 6.71. The summed E-state index contributed by atoms with van der Waals surface area (Å²) in [5.74, 6) is 0.623. The van der Waals surface area contributed by atoms with Crippen molar-refractivity contribution >= 4 is 23.8 Å². The van der Waals surface area contributed by atoms with Crippen molar-refractivity contribution in [2.24, 2.45) is 4.40 Å². The Hall–Kier alpha value is -2.27. The molecule has 0 heterocycles. The van der Waals surface area contributed by atoms with Crippen LogP contribution < -0.4 is 0 Å². The lowest BCUT2D eigenvalue weighted by Gasteiger charge is -2.27. The zero-order valence-corrected chi connectivity index (χ0v) is 17.6. The SMILES string of the molecule is CCCCN(CCCC)/C(=N/SCc1ccccc1)c1ccccc1C(=O)O. The van der Waals surface area contributed by atoms with Gasteiger partial charge in [0, 0.05) is 24.4 Å². The molecule has 2 aromatic rings. The Morgan fingerprint density at radius 1 is 0.929 bits per heavy atom. The second-order valence-corrected chi connectivity index (χ2v) is 7.45. The number of amidine groups is 1. The second kappa shape index (κ2) is 12.2. The maximum Gasteiger partial charge on any atom is 0.336 e. The summed E-state index contributed by atoms with van der Waals surface area (Å²) >= 11 is 1.48. The van der Waals surface area contributed by atoms with Gasteiger partial charge in [-0.15, -0.1) is 0 Å². The first-order chi connectivity index (χ1) is 13.7. The lowest BCUT2D eigenvalue weighted by molar-refractivity contribution is 0.0696. The number of hydrogen-bond acceptors (Lipinski definition) is 3. The third-order valence-electron chi connectivity index (χ3n) is 4.49. The van der Waals surface area contributed by atoms with E-state index in [0.717, 1.165) is 50.4 Å². The maximum absolute atomic E-state index is 11.8. The van der Waals surface area contributed by atoms with E-state index >= 15 is 0 Å². The summed E-state index contributed by atoms with van der Waals surface area (Å²) in [6, 6.07) is 17.4. The van der Waals surface area contributed by atoms with E-state index in [0.29, 0.717) is 11.1 Å².